The molecule has 0 aromatic carbocycles. The minimum absolute atomic E-state index is 0.311. The molecule has 2 aliphatic rings. The molecule has 0 aromatic rings. The Bertz CT molecular complexity index is 258. The fourth-order valence-electron chi connectivity index (χ4n) is 1.81. The van der Waals surface area contributed by atoms with Gasteiger partial charge in [0.15, 0.2) is 0 Å². The Morgan fingerprint density at radius 1 is 1.42 bits per heavy atom. The molecule has 4 unspecified atom stereocenters. The van der Waals surface area contributed by atoms with Crippen LogP contribution in [0.1, 0.15) is 0 Å². The van der Waals surface area contributed by atoms with Crippen LogP contribution in [0.4, 0.5) is 0 Å². The molecule has 0 radical (unpaired) electrons. The maximum absolute atomic E-state index is 10.7. The third-order valence-corrected chi connectivity index (χ3v) is 2.40. The molecule has 4 heteroatoms. The van der Waals surface area contributed by atoms with Crippen molar-refractivity contribution in [3.8, 4) is 0 Å². The van der Waals surface area contributed by atoms with Crippen LogP contribution in [-0.4, -0.2) is 29.6 Å². The molecule has 1 fully saturated rings. The van der Waals surface area contributed by atoms with Crippen LogP contribution in [0.15, 0.2) is 12.2 Å². The first-order valence-electron chi connectivity index (χ1n) is 3.76. The van der Waals surface area contributed by atoms with Crippen molar-refractivity contribution >= 4 is 12.3 Å². The Morgan fingerprint density at radius 2 is 2.08 bits per heavy atom. The molecule has 0 spiro atoms. The molecule has 0 aromatic heterocycles. The summed E-state index contributed by atoms with van der Waals surface area (Å²) in [6.45, 7) is 0. The molecule has 4 atom stereocenters. The first kappa shape index (κ1) is 7.49. The van der Waals surface area contributed by atoms with E-state index in [1.54, 1.807) is 12.2 Å². The number of fused-ring (bicyclic) bond motifs is 2. The van der Waals surface area contributed by atoms with Gasteiger partial charge in [0.1, 0.15) is 6.29 Å². The molecule has 2 rings (SSSR count). The second-order valence-corrected chi connectivity index (χ2v) is 3.03. The van der Waals surface area contributed by atoms with Gasteiger partial charge in [0.05, 0.1) is 24.0 Å². The van der Waals surface area contributed by atoms with Crippen molar-refractivity contribution in [3.05, 3.63) is 12.2 Å². The number of rotatable bonds is 2. The molecule has 0 amide bonds. The van der Waals surface area contributed by atoms with Gasteiger partial charge in [-0.3, -0.25) is 4.79 Å². The van der Waals surface area contributed by atoms with Crippen molar-refractivity contribution in [2.24, 2.45) is 11.8 Å². The number of carbonyl (C=O) groups excluding carboxylic acids is 1. The van der Waals surface area contributed by atoms with Gasteiger partial charge in [0.25, 0.3) is 0 Å². The summed E-state index contributed by atoms with van der Waals surface area (Å²) in [6, 6.07) is 0. The maximum Gasteiger partial charge on any atom is 0.310 e. The van der Waals surface area contributed by atoms with Gasteiger partial charge in [-0.2, -0.15) is 0 Å². The van der Waals surface area contributed by atoms with Crippen molar-refractivity contribution in [3.63, 3.8) is 0 Å². The summed E-state index contributed by atoms with van der Waals surface area (Å²) in [5, 5.41) is 8.76. The Balaban J connectivity index is 2.28. The monoisotopic (exact) mass is 168 g/mol. The Hall–Kier alpha value is -1.16. The highest BCUT2D eigenvalue weighted by atomic mass is 16.5. The van der Waals surface area contributed by atoms with Crippen LogP contribution in [0.5, 0.6) is 0 Å². The number of aldehydes is 1. The Labute approximate surface area is 68.8 Å². The summed E-state index contributed by atoms with van der Waals surface area (Å²) >= 11 is 0. The molecule has 2 bridgehead atoms. The number of ether oxygens (including phenoxy) is 1. The summed E-state index contributed by atoms with van der Waals surface area (Å²) in [5.74, 6) is -2.14. The summed E-state index contributed by atoms with van der Waals surface area (Å²) in [6.07, 6.45) is 3.43. The van der Waals surface area contributed by atoms with Crippen LogP contribution in [0.2, 0.25) is 0 Å². The molecule has 12 heavy (non-hydrogen) atoms. The van der Waals surface area contributed by atoms with Crippen LogP contribution < -0.4 is 0 Å². The summed E-state index contributed by atoms with van der Waals surface area (Å²) in [7, 11) is 0. The fraction of sp³-hybridized carbons (Fsp3) is 0.500. The van der Waals surface area contributed by atoms with Crippen molar-refractivity contribution in [2.45, 2.75) is 12.2 Å². The third kappa shape index (κ3) is 0.814. The van der Waals surface area contributed by atoms with Crippen LogP contribution in [0.3, 0.4) is 0 Å². The number of carbonyl (C=O) groups is 2. The zero-order chi connectivity index (χ0) is 8.72. The first-order chi connectivity index (χ1) is 5.74. The Morgan fingerprint density at radius 3 is 2.58 bits per heavy atom. The van der Waals surface area contributed by atoms with E-state index in [0.717, 1.165) is 0 Å². The van der Waals surface area contributed by atoms with Gasteiger partial charge in [0.2, 0.25) is 0 Å². The molecular formula is C8H8O4. The average molecular weight is 168 g/mol. The number of carboxylic acid groups (broad SMARTS) is 1. The number of hydrogen-bond donors (Lipinski definition) is 1. The lowest BCUT2D eigenvalue weighted by Crippen LogP contribution is -2.31. The lowest BCUT2D eigenvalue weighted by molar-refractivity contribution is -0.144. The van der Waals surface area contributed by atoms with Crippen LogP contribution in [0.25, 0.3) is 0 Å². The average Bonchev–Trinajstić information content (AvgIpc) is 2.60. The van der Waals surface area contributed by atoms with Crippen LogP contribution >= 0.6 is 0 Å². The molecule has 1 N–H and O–H groups in total. The molecule has 1 saturated heterocycles. The predicted octanol–water partition coefficient (Wildman–Crippen LogP) is -0.161. The largest absolute Gasteiger partial charge is 0.481 e. The minimum atomic E-state index is -0.955. The third-order valence-electron chi connectivity index (χ3n) is 2.40. The number of hydrogen-bond acceptors (Lipinski definition) is 3. The molecule has 4 nitrogen and oxygen atoms in total. The minimum Gasteiger partial charge on any atom is -0.481 e. The van der Waals surface area contributed by atoms with Gasteiger partial charge in [-0.05, 0) is 0 Å². The van der Waals surface area contributed by atoms with Gasteiger partial charge in [-0.25, -0.2) is 0 Å². The van der Waals surface area contributed by atoms with E-state index >= 15 is 0 Å². The first-order valence-corrected chi connectivity index (χ1v) is 3.76. The van der Waals surface area contributed by atoms with Gasteiger partial charge in [-0.1, -0.05) is 12.2 Å². The highest BCUT2D eigenvalue weighted by Gasteiger charge is 2.49. The summed E-state index contributed by atoms with van der Waals surface area (Å²) in [4.78, 5) is 21.2. The zero-order valence-corrected chi connectivity index (χ0v) is 6.21. The quantitative estimate of drug-likeness (QED) is 0.459. The van der Waals surface area contributed by atoms with Crippen LogP contribution in [0, 0.1) is 11.8 Å². The molecule has 2 aliphatic heterocycles. The van der Waals surface area contributed by atoms with E-state index in [4.69, 9.17) is 9.84 Å². The summed E-state index contributed by atoms with van der Waals surface area (Å²) < 4.78 is 5.23. The smallest absolute Gasteiger partial charge is 0.310 e. The van der Waals surface area contributed by atoms with E-state index in [-0.39, 0.29) is 6.10 Å². The van der Waals surface area contributed by atoms with Crippen molar-refractivity contribution < 1.29 is 19.4 Å². The van der Waals surface area contributed by atoms with Crippen molar-refractivity contribution in [1.29, 1.82) is 0 Å². The van der Waals surface area contributed by atoms with E-state index in [2.05, 4.69) is 0 Å². The van der Waals surface area contributed by atoms with Gasteiger partial charge in [-0.15, -0.1) is 0 Å². The lowest BCUT2D eigenvalue weighted by Gasteiger charge is -2.15. The summed E-state index contributed by atoms with van der Waals surface area (Å²) in [5.41, 5.74) is 0. The van der Waals surface area contributed by atoms with Gasteiger partial charge in [0, 0.05) is 0 Å². The number of aliphatic carboxylic acids is 1. The lowest BCUT2D eigenvalue weighted by atomic mass is 9.84. The van der Waals surface area contributed by atoms with E-state index in [9.17, 15) is 9.59 Å². The number of carboxylic acids is 1. The molecule has 2 heterocycles. The molecule has 64 valence electrons. The van der Waals surface area contributed by atoms with Gasteiger partial charge >= 0.3 is 5.97 Å². The highest BCUT2D eigenvalue weighted by molar-refractivity contribution is 5.78. The fourth-order valence-corrected chi connectivity index (χ4v) is 1.81. The van der Waals surface area contributed by atoms with Crippen molar-refractivity contribution in [1.82, 2.24) is 0 Å². The van der Waals surface area contributed by atoms with E-state index in [1.807, 2.05) is 0 Å². The van der Waals surface area contributed by atoms with E-state index in [0.29, 0.717) is 6.29 Å². The predicted molar refractivity (Wildman–Crippen MR) is 38.5 cm³/mol. The second kappa shape index (κ2) is 2.42. The van der Waals surface area contributed by atoms with E-state index < -0.39 is 23.9 Å². The maximum atomic E-state index is 10.7. The Kier molecular flexibility index (Phi) is 1.51. The van der Waals surface area contributed by atoms with Gasteiger partial charge < -0.3 is 14.6 Å². The second-order valence-electron chi connectivity index (χ2n) is 3.03. The molecule has 0 aliphatic carbocycles. The SMILES string of the molecule is O=CC1C2C=CC(O2)C1C(=O)O. The molecule has 0 saturated carbocycles. The molecular weight excluding hydrogens is 160 g/mol. The van der Waals surface area contributed by atoms with Crippen molar-refractivity contribution in [2.75, 3.05) is 0 Å². The zero-order valence-electron chi connectivity index (χ0n) is 6.21. The van der Waals surface area contributed by atoms with Crippen LogP contribution in [-0.2, 0) is 14.3 Å². The topological polar surface area (TPSA) is 63.6 Å². The van der Waals surface area contributed by atoms with E-state index in [1.165, 1.54) is 0 Å². The standard InChI is InChI=1S/C8H8O4/c9-3-4-5-1-2-6(12-5)7(4)8(10)11/h1-7H,(H,10,11). The normalized spacial score (nSPS) is 43.3. The highest BCUT2D eigenvalue weighted by Crippen LogP contribution is 2.37.